The van der Waals surface area contributed by atoms with E-state index in [1.807, 2.05) is 0 Å². The molecule has 0 spiro atoms. The molecule has 2 heteroatoms. The first-order valence-corrected chi connectivity index (χ1v) is 8.94. The highest BCUT2D eigenvalue weighted by Gasteiger charge is 2.45. The van der Waals surface area contributed by atoms with E-state index in [1.54, 1.807) is 0 Å². The van der Waals surface area contributed by atoms with Gasteiger partial charge in [-0.1, -0.05) is 52.4 Å². The van der Waals surface area contributed by atoms with Gasteiger partial charge < -0.3 is 4.43 Å². The Morgan fingerprint density at radius 1 is 0.895 bits per heavy atom. The monoisotopic (exact) mass is 279 g/mol. The normalized spacial score (nSPS) is 24.0. The van der Waals surface area contributed by atoms with Crippen molar-refractivity contribution in [1.82, 2.24) is 0 Å². The molecule has 0 aromatic heterocycles. The Bertz CT molecular complexity index is 234. The molecule has 109 valence electrons. The summed E-state index contributed by atoms with van der Waals surface area (Å²) >= 11 is 0. The molecule has 1 nitrogen and oxygen atoms in total. The third kappa shape index (κ3) is 3.63. The minimum Gasteiger partial charge on any atom is -0.413 e. The molecule has 0 amide bonds. The van der Waals surface area contributed by atoms with E-state index < -0.39 is 0 Å². The van der Waals surface area contributed by atoms with E-state index in [4.69, 9.17) is 4.43 Å². The molecule has 19 heavy (non-hydrogen) atoms. The molecule has 0 aromatic rings. The number of rotatable bonds is 5. The van der Waals surface area contributed by atoms with Crippen molar-refractivity contribution in [1.29, 1.82) is 0 Å². The number of hydrogen-bond acceptors (Lipinski definition) is 1. The topological polar surface area (TPSA) is 9.23 Å². The van der Waals surface area contributed by atoms with Crippen molar-refractivity contribution in [3.8, 4) is 0 Å². The Labute approximate surface area is 123 Å². The minimum absolute atomic E-state index is 0.117. The van der Waals surface area contributed by atoms with Crippen LogP contribution in [0.3, 0.4) is 0 Å². The predicted molar refractivity (Wildman–Crippen MR) is 82.2 cm³/mol. The molecule has 0 unspecified atom stereocenters. The Balaban J connectivity index is 2.17. The first-order valence-electron chi connectivity index (χ1n) is 8.54. The molecule has 2 aliphatic rings. The highest BCUT2D eigenvalue weighted by molar-refractivity contribution is 5.98. The lowest BCUT2D eigenvalue weighted by Gasteiger charge is -2.49. The van der Waals surface area contributed by atoms with Crippen LogP contribution in [0.25, 0.3) is 0 Å². The zero-order valence-corrected chi connectivity index (χ0v) is 13.9. The molecule has 2 saturated carbocycles. The Morgan fingerprint density at radius 2 is 1.32 bits per heavy atom. The van der Waals surface area contributed by atoms with Crippen molar-refractivity contribution in [2.45, 2.75) is 90.1 Å². The summed E-state index contributed by atoms with van der Waals surface area (Å²) in [6.07, 6.45) is 15.3. The van der Waals surface area contributed by atoms with E-state index in [0.717, 1.165) is 17.8 Å². The summed E-state index contributed by atoms with van der Waals surface area (Å²) in [6.45, 7) is 4.71. The van der Waals surface area contributed by atoms with Gasteiger partial charge in [0, 0.05) is 0 Å². The fourth-order valence-corrected chi connectivity index (χ4v) is 5.11. The number of hydrogen-bond donors (Lipinski definition) is 0. The van der Waals surface area contributed by atoms with Crippen LogP contribution in [0.5, 0.6) is 0 Å². The molecule has 0 aromatic carbocycles. The second kappa shape index (κ2) is 7.26. The van der Waals surface area contributed by atoms with Crippen LogP contribution in [0.2, 0.25) is 0 Å². The summed E-state index contributed by atoms with van der Waals surface area (Å²) in [5.41, 5.74) is 0.117. The van der Waals surface area contributed by atoms with E-state index >= 15 is 0 Å². The first-order chi connectivity index (χ1) is 9.19. The van der Waals surface area contributed by atoms with Gasteiger partial charge in [-0.15, -0.1) is 0 Å². The summed E-state index contributed by atoms with van der Waals surface area (Å²) in [6, 6.07) is 0. The van der Waals surface area contributed by atoms with Gasteiger partial charge in [-0.3, -0.25) is 0 Å². The molecule has 0 bridgehead atoms. The van der Waals surface area contributed by atoms with E-state index in [-0.39, 0.29) is 5.60 Å². The largest absolute Gasteiger partial charge is 0.413 e. The van der Waals surface area contributed by atoms with Crippen molar-refractivity contribution in [3.05, 3.63) is 0 Å². The van der Waals surface area contributed by atoms with Gasteiger partial charge in [0.2, 0.25) is 10.5 Å². The molecule has 0 atom stereocenters. The predicted octanol–water partition coefficient (Wildman–Crippen LogP) is 5.03. The molecule has 3 radical (unpaired) electrons. The van der Waals surface area contributed by atoms with Gasteiger partial charge in [0.25, 0.3) is 0 Å². The molecule has 0 N–H and O–H groups in total. The van der Waals surface area contributed by atoms with Crippen LogP contribution in [-0.2, 0) is 4.43 Å². The lowest BCUT2D eigenvalue weighted by atomic mass is 9.63. The second-order valence-electron chi connectivity index (χ2n) is 7.32. The van der Waals surface area contributed by atoms with E-state index in [2.05, 4.69) is 24.3 Å². The zero-order chi connectivity index (χ0) is 13.7. The molecule has 0 aliphatic heterocycles. The highest BCUT2D eigenvalue weighted by atomic mass is 28.2. The van der Waals surface area contributed by atoms with Crippen LogP contribution in [0.15, 0.2) is 0 Å². The van der Waals surface area contributed by atoms with Crippen LogP contribution in [-0.4, -0.2) is 16.1 Å². The molecule has 2 fully saturated rings. The molecular formula is C17H31OSi. The Morgan fingerprint density at radius 3 is 1.63 bits per heavy atom. The van der Waals surface area contributed by atoms with E-state index in [1.165, 1.54) is 70.6 Å². The van der Waals surface area contributed by atoms with Gasteiger partial charge in [-0.2, -0.15) is 0 Å². The second-order valence-corrected chi connectivity index (χ2v) is 7.53. The van der Waals surface area contributed by atoms with Gasteiger partial charge in [0.15, 0.2) is 0 Å². The van der Waals surface area contributed by atoms with Crippen LogP contribution < -0.4 is 0 Å². The smallest absolute Gasteiger partial charge is 0.247 e. The molecule has 2 aliphatic carbocycles. The summed E-state index contributed by atoms with van der Waals surface area (Å²) in [5.74, 6) is 2.29. The highest BCUT2D eigenvalue weighted by Crippen LogP contribution is 2.47. The maximum atomic E-state index is 6.13. The van der Waals surface area contributed by atoms with Crippen LogP contribution in [0.4, 0.5) is 0 Å². The van der Waals surface area contributed by atoms with Crippen molar-refractivity contribution in [2.75, 3.05) is 0 Å². The minimum atomic E-state index is 0.117. The molecule has 0 saturated heterocycles. The average molecular weight is 280 g/mol. The SMILES string of the molecule is CC(C)CC(O[Si])(C1CCCCC1)C1CCCCC1. The fraction of sp³-hybridized carbons (Fsp3) is 1.00. The molecule has 2 rings (SSSR count). The van der Waals surface area contributed by atoms with Crippen molar-refractivity contribution < 1.29 is 4.43 Å². The summed E-state index contributed by atoms with van der Waals surface area (Å²) < 4.78 is 6.13. The van der Waals surface area contributed by atoms with Crippen LogP contribution in [0, 0.1) is 17.8 Å². The van der Waals surface area contributed by atoms with Gasteiger partial charge in [0.1, 0.15) is 0 Å². The average Bonchev–Trinajstić information content (AvgIpc) is 2.46. The third-order valence-corrected chi connectivity index (χ3v) is 5.89. The van der Waals surface area contributed by atoms with E-state index in [9.17, 15) is 0 Å². The Hall–Kier alpha value is 0.177. The van der Waals surface area contributed by atoms with Gasteiger partial charge in [-0.25, -0.2) is 0 Å². The van der Waals surface area contributed by atoms with Crippen molar-refractivity contribution in [2.24, 2.45) is 17.8 Å². The van der Waals surface area contributed by atoms with E-state index in [0.29, 0.717) is 0 Å². The maximum Gasteiger partial charge on any atom is 0.247 e. The lowest BCUT2D eigenvalue weighted by molar-refractivity contribution is -0.0792. The lowest BCUT2D eigenvalue weighted by Crippen LogP contribution is -2.49. The standard InChI is InChI=1S/C17H31OSi/c1-14(2)13-17(18-19,15-9-5-3-6-10-15)16-11-7-4-8-12-16/h14-16H,3-13H2,1-2H3. The summed E-state index contributed by atoms with van der Waals surface area (Å²) in [7, 11) is 3.53. The van der Waals surface area contributed by atoms with Crippen LogP contribution >= 0.6 is 0 Å². The van der Waals surface area contributed by atoms with Gasteiger partial charge >= 0.3 is 0 Å². The van der Waals surface area contributed by atoms with Crippen molar-refractivity contribution in [3.63, 3.8) is 0 Å². The summed E-state index contributed by atoms with van der Waals surface area (Å²) in [4.78, 5) is 0. The quantitative estimate of drug-likeness (QED) is 0.641. The zero-order valence-electron chi connectivity index (χ0n) is 12.9. The fourth-order valence-electron chi connectivity index (χ4n) is 4.70. The Kier molecular flexibility index (Phi) is 5.95. The third-order valence-electron chi connectivity index (χ3n) is 5.51. The maximum absolute atomic E-state index is 6.13. The molecule has 0 heterocycles. The first kappa shape index (κ1) is 15.6. The summed E-state index contributed by atoms with van der Waals surface area (Å²) in [5, 5.41) is 0. The van der Waals surface area contributed by atoms with Gasteiger partial charge in [-0.05, 0) is 49.9 Å². The van der Waals surface area contributed by atoms with Crippen molar-refractivity contribution >= 4 is 10.5 Å². The molecular weight excluding hydrogens is 248 g/mol. The van der Waals surface area contributed by atoms with Crippen LogP contribution in [0.1, 0.15) is 84.5 Å². The van der Waals surface area contributed by atoms with Gasteiger partial charge in [0.05, 0.1) is 5.60 Å².